The molecule has 2 aromatic heterocycles. The molecule has 0 saturated heterocycles. The number of carbonyl (C=O) groups is 1. The summed E-state index contributed by atoms with van der Waals surface area (Å²) >= 11 is 7.27. The molecule has 116 valence electrons. The van der Waals surface area contributed by atoms with Crippen molar-refractivity contribution in [1.29, 1.82) is 0 Å². The molecule has 7 nitrogen and oxygen atoms in total. The smallest absolute Gasteiger partial charge is 0.250 e. The first-order valence-corrected chi connectivity index (χ1v) is 7.93. The number of carbonyl (C=O) groups excluding carboxylic acids is 1. The number of nitrogens with zero attached hydrogens (tertiary/aromatic N) is 4. The van der Waals surface area contributed by atoms with Crippen LogP contribution in [0.15, 0.2) is 47.0 Å². The quantitative estimate of drug-likeness (QED) is 0.320. The van der Waals surface area contributed by atoms with Gasteiger partial charge < -0.3 is 4.98 Å². The molecule has 2 heterocycles. The average Bonchev–Trinajstić information content (AvgIpc) is 3.04. The van der Waals surface area contributed by atoms with Crippen molar-refractivity contribution in [2.75, 3.05) is 5.75 Å². The topological polar surface area (TPSA) is 95.9 Å². The number of rotatable bonds is 5. The lowest BCUT2D eigenvalue weighted by Crippen LogP contribution is -2.19. The van der Waals surface area contributed by atoms with Crippen LogP contribution in [0.5, 0.6) is 0 Å². The fraction of sp³-hybridized carbons (Fsp3) is 0.0714. The fourth-order valence-corrected chi connectivity index (χ4v) is 2.71. The van der Waals surface area contributed by atoms with Crippen LogP contribution in [0.4, 0.5) is 0 Å². The molecular formula is C14H11ClN6OS. The minimum absolute atomic E-state index is 0.172. The monoisotopic (exact) mass is 346 g/mol. The minimum atomic E-state index is -0.246. The Hall–Kier alpha value is -2.45. The van der Waals surface area contributed by atoms with Crippen LogP contribution in [-0.4, -0.2) is 37.8 Å². The van der Waals surface area contributed by atoms with Gasteiger partial charge in [0.1, 0.15) is 16.9 Å². The average molecular weight is 347 g/mol. The SMILES string of the molecule is O=C(CSc1ncnc2nc[nH]c12)N/N=C\c1ccccc1Cl. The number of aromatic nitrogens is 4. The Labute approximate surface area is 140 Å². The molecule has 0 radical (unpaired) electrons. The first kappa shape index (κ1) is 15.4. The molecule has 0 aliphatic rings. The van der Waals surface area contributed by atoms with Gasteiger partial charge in [0.15, 0.2) is 5.65 Å². The van der Waals surface area contributed by atoms with E-state index in [1.807, 2.05) is 18.2 Å². The molecule has 1 aromatic carbocycles. The Morgan fingerprint density at radius 3 is 3.09 bits per heavy atom. The number of hydrogen-bond acceptors (Lipinski definition) is 6. The van der Waals surface area contributed by atoms with Crippen molar-refractivity contribution in [2.24, 2.45) is 5.10 Å². The Kier molecular flexibility index (Phi) is 4.84. The zero-order valence-electron chi connectivity index (χ0n) is 11.7. The minimum Gasteiger partial charge on any atom is -0.341 e. The molecule has 0 aliphatic carbocycles. The first-order chi connectivity index (χ1) is 11.2. The van der Waals surface area contributed by atoms with Crippen molar-refractivity contribution >= 4 is 46.6 Å². The van der Waals surface area contributed by atoms with Crippen LogP contribution in [0.25, 0.3) is 11.2 Å². The fourth-order valence-electron chi connectivity index (χ4n) is 1.77. The first-order valence-electron chi connectivity index (χ1n) is 6.57. The van der Waals surface area contributed by atoms with E-state index in [-0.39, 0.29) is 11.7 Å². The Morgan fingerprint density at radius 1 is 1.35 bits per heavy atom. The van der Waals surface area contributed by atoms with Crippen LogP contribution in [-0.2, 0) is 4.79 Å². The van der Waals surface area contributed by atoms with Gasteiger partial charge in [0.2, 0.25) is 5.91 Å². The summed E-state index contributed by atoms with van der Waals surface area (Å²) in [5.74, 6) is -0.0741. The van der Waals surface area contributed by atoms with E-state index < -0.39 is 0 Å². The van der Waals surface area contributed by atoms with E-state index in [1.165, 1.54) is 30.6 Å². The predicted molar refractivity (Wildman–Crippen MR) is 89.6 cm³/mol. The van der Waals surface area contributed by atoms with Gasteiger partial charge in [-0.05, 0) is 6.07 Å². The number of benzene rings is 1. The number of halogens is 1. The van der Waals surface area contributed by atoms with E-state index >= 15 is 0 Å². The number of H-pyrrole nitrogens is 1. The molecular weight excluding hydrogens is 336 g/mol. The third-order valence-electron chi connectivity index (χ3n) is 2.83. The molecule has 0 atom stereocenters. The largest absolute Gasteiger partial charge is 0.341 e. The second-order valence-corrected chi connectivity index (χ2v) is 5.75. The van der Waals surface area contributed by atoms with E-state index in [9.17, 15) is 4.79 Å². The summed E-state index contributed by atoms with van der Waals surface area (Å²) in [6.07, 6.45) is 4.46. The molecule has 2 N–H and O–H groups in total. The van der Waals surface area contributed by atoms with E-state index in [0.29, 0.717) is 21.2 Å². The second-order valence-electron chi connectivity index (χ2n) is 4.38. The van der Waals surface area contributed by atoms with Crippen molar-refractivity contribution in [1.82, 2.24) is 25.4 Å². The molecule has 0 aliphatic heterocycles. The van der Waals surface area contributed by atoms with E-state index in [4.69, 9.17) is 11.6 Å². The highest BCUT2D eigenvalue weighted by molar-refractivity contribution is 8.00. The molecule has 0 saturated carbocycles. The predicted octanol–water partition coefficient (Wildman–Crippen LogP) is 2.25. The lowest BCUT2D eigenvalue weighted by atomic mass is 10.2. The van der Waals surface area contributed by atoms with Gasteiger partial charge in [0.25, 0.3) is 0 Å². The number of imidazole rings is 1. The molecule has 23 heavy (non-hydrogen) atoms. The Bertz CT molecular complexity index is 865. The summed E-state index contributed by atoms with van der Waals surface area (Å²) in [6, 6.07) is 7.23. The van der Waals surface area contributed by atoms with E-state index in [1.54, 1.807) is 6.07 Å². The Balaban J connectivity index is 1.56. The molecule has 1 amide bonds. The van der Waals surface area contributed by atoms with Gasteiger partial charge >= 0.3 is 0 Å². The lowest BCUT2D eigenvalue weighted by molar-refractivity contribution is -0.118. The molecule has 0 unspecified atom stereocenters. The molecule has 3 aromatic rings. The van der Waals surface area contributed by atoms with Gasteiger partial charge in [-0.3, -0.25) is 4.79 Å². The van der Waals surface area contributed by atoms with Crippen molar-refractivity contribution in [3.8, 4) is 0 Å². The van der Waals surface area contributed by atoms with Crippen LogP contribution in [0.1, 0.15) is 5.56 Å². The van der Waals surface area contributed by atoms with Crippen molar-refractivity contribution in [2.45, 2.75) is 5.03 Å². The normalized spacial score (nSPS) is 11.2. The van der Waals surface area contributed by atoms with Gasteiger partial charge in [0, 0.05) is 10.6 Å². The number of thioether (sulfide) groups is 1. The number of hydrogen-bond donors (Lipinski definition) is 2. The number of hydrazone groups is 1. The maximum Gasteiger partial charge on any atom is 0.250 e. The summed E-state index contributed by atoms with van der Waals surface area (Å²) in [5, 5.41) is 5.13. The highest BCUT2D eigenvalue weighted by Gasteiger charge is 2.08. The third-order valence-corrected chi connectivity index (χ3v) is 4.16. The van der Waals surface area contributed by atoms with E-state index in [2.05, 4.69) is 30.5 Å². The zero-order valence-corrected chi connectivity index (χ0v) is 13.3. The van der Waals surface area contributed by atoms with Gasteiger partial charge in [0.05, 0.1) is 18.3 Å². The lowest BCUT2D eigenvalue weighted by Gasteiger charge is -2.01. The second kappa shape index (κ2) is 7.21. The van der Waals surface area contributed by atoms with Gasteiger partial charge in [-0.25, -0.2) is 20.4 Å². The summed E-state index contributed by atoms with van der Waals surface area (Å²) in [6.45, 7) is 0. The molecule has 0 spiro atoms. The van der Waals surface area contributed by atoms with Crippen molar-refractivity contribution in [3.63, 3.8) is 0 Å². The zero-order chi connectivity index (χ0) is 16.1. The van der Waals surface area contributed by atoms with Crippen LogP contribution >= 0.6 is 23.4 Å². The number of amides is 1. The van der Waals surface area contributed by atoms with Crippen molar-refractivity contribution < 1.29 is 4.79 Å². The molecule has 9 heteroatoms. The molecule has 3 rings (SSSR count). The third kappa shape index (κ3) is 3.85. The standard InChI is InChI=1S/C14H11ClN6OS/c15-10-4-2-1-3-9(10)5-20-21-11(22)6-23-14-12-13(17-7-16-12)18-8-19-14/h1-5,7-8H,6H2,(H,21,22)(H,16,17,18,19)/b20-5-. The van der Waals surface area contributed by atoms with Gasteiger partial charge in [-0.2, -0.15) is 5.10 Å². The summed E-state index contributed by atoms with van der Waals surface area (Å²) in [4.78, 5) is 27.0. The summed E-state index contributed by atoms with van der Waals surface area (Å²) in [5.41, 5.74) is 4.47. The molecule has 0 bridgehead atoms. The van der Waals surface area contributed by atoms with Crippen LogP contribution in [0, 0.1) is 0 Å². The number of nitrogens with one attached hydrogen (secondary N) is 2. The maximum absolute atomic E-state index is 11.8. The van der Waals surface area contributed by atoms with E-state index in [0.717, 1.165) is 5.56 Å². The number of fused-ring (bicyclic) bond motifs is 1. The maximum atomic E-state index is 11.8. The molecule has 0 fully saturated rings. The van der Waals surface area contributed by atoms with Gasteiger partial charge in [-0.15, -0.1) is 0 Å². The van der Waals surface area contributed by atoms with Crippen molar-refractivity contribution in [3.05, 3.63) is 47.5 Å². The van der Waals surface area contributed by atoms with Crippen LogP contribution in [0.3, 0.4) is 0 Å². The highest BCUT2D eigenvalue weighted by atomic mass is 35.5. The summed E-state index contributed by atoms with van der Waals surface area (Å²) in [7, 11) is 0. The Morgan fingerprint density at radius 2 is 2.22 bits per heavy atom. The van der Waals surface area contributed by atoms with Gasteiger partial charge in [-0.1, -0.05) is 41.6 Å². The highest BCUT2D eigenvalue weighted by Crippen LogP contribution is 2.21. The van der Waals surface area contributed by atoms with Crippen LogP contribution in [0.2, 0.25) is 5.02 Å². The van der Waals surface area contributed by atoms with Crippen LogP contribution < -0.4 is 5.43 Å². The number of aromatic amines is 1. The summed E-state index contributed by atoms with van der Waals surface area (Å²) < 4.78 is 0.